The fourth-order valence-electron chi connectivity index (χ4n) is 2.71. The van der Waals surface area contributed by atoms with Crippen LogP contribution in [0.15, 0.2) is 36.2 Å². The first-order valence-electron chi connectivity index (χ1n) is 9.23. The Hall–Kier alpha value is -3.30. The molecule has 158 valence electrons. The molecule has 29 heavy (non-hydrogen) atoms. The van der Waals surface area contributed by atoms with Crippen molar-refractivity contribution in [3.05, 3.63) is 57.4 Å². The molecule has 0 radical (unpaired) electrons. The molecule has 2 rings (SSSR count). The summed E-state index contributed by atoms with van der Waals surface area (Å²) < 4.78 is 19.8. The summed E-state index contributed by atoms with van der Waals surface area (Å²) in [6.45, 7) is 8.70. The smallest absolute Gasteiger partial charge is 0.340 e. The molecule has 0 saturated carbocycles. The molecule has 0 bridgehead atoms. The summed E-state index contributed by atoms with van der Waals surface area (Å²) in [6, 6.07) is 0. The second-order valence-electron chi connectivity index (χ2n) is 5.77. The third-order valence-corrected chi connectivity index (χ3v) is 3.95. The van der Waals surface area contributed by atoms with Crippen molar-refractivity contribution in [1.29, 1.82) is 0 Å². The summed E-state index contributed by atoms with van der Waals surface area (Å²) in [6.07, 6.45) is 5.69. The maximum absolute atomic E-state index is 13.2. The fraction of sp³-hybridized carbons (Fsp3) is 0.421. The number of carbonyl (C=O) groups excluding carboxylic acids is 1. The fourth-order valence-corrected chi connectivity index (χ4v) is 2.71. The van der Waals surface area contributed by atoms with Gasteiger partial charge in [0.25, 0.3) is 5.70 Å². The Kier molecular flexibility index (Phi) is 8.91. The molecule has 0 aromatic carbocycles. The number of hydrogen-bond donors (Lipinski definition) is 1. The quantitative estimate of drug-likeness (QED) is 0.318. The SMILES string of the molecule is CC.CCOC(=O)c1cn2ncnc(N)c2c1C(C)/C=C\C/C(=C(\C)F)[N+](=O)[O-]. The highest BCUT2D eigenvalue weighted by atomic mass is 19.1. The number of fused-ring (bicyclic) bond motifs is 1. The van der Waals surface area contributed by atoms with Gasteiger partial charge >= 0.3 is 5.97 Å². The van der Waals surface area contributed by atoms with Gasteiger partial charge in [0.15, 0.2) is 11.6 Å². The van der Waals surface area contributed by atoms with Crippen molar-refractivity contribution in [3.8, 4) is 0 Å². The third-order valence-electron chi connectivity index (χ3n) is 3.95. The van der Waals surface area contributed by atoms with Crippen LogP contribution in [-0.2, 0) is 4.74 Å². The van der Waals surface area contributed by atoms with E-state index in [9.17, 15) is 19.3 Å². The molecule has 2 aromatic rings. The highest BCUT2D eigenvalue weighted by molar-refractivity contribution is 5.95. The molecule has 1 atom stereocenters. The number of nitrogen functional groups attached to an aromatic ring is 1. The molecule has 2 heterocycles. The van der Waals surface area contributed by atoms with E-state index in [1.165, 1.54) is 23.1 Å². The molecule has 1 unspecified atom stereocenters. The Morgan fingerprint density at radius 1 is 1.48 bits per heavy atom. The molecule has 2 N–H and O–H groups in total. The molecule has 10 heteroatoms. The van der Waals surface area contributed by atoms with Crippen LogP contribution in [-0.4, -0.2) is 32.1 Å². The largest absolute Gasteiger partial charge is 0.462 e. The number of nitrogens with two attached hydrogens (primary N) is 1. The summed E-state index contributed by atoms with van der Waals surface area (Å²) in [5.74, 6) is -1.59. The average Bonchev–Trinajstić information content (AvgIpc) is 3.07. The molecule has 0 aliphatic rings. The Balaban J connectivity index is 0.00000204. The van der Waals surface area contributed by atoms with Gasteiger partial charge < -0.3 is 10.5 Å². The number of ether oxygens (including phenoxy) is 1. The maximum atomic E-state index is 13.2. The van der Waals surface area contributed by atoms with Gasteiger partial charge in [-0.2, -0.15) is 5.10 Å². The van der Waals surface area contributed by atoms with Gasteiger partial charge in [0.1, 0.15) is 11.8 Å². The second-order valence-corrected chi connectivity index (χ2v) is 5.77. The highest BCUT2D eigenvalue weighted by Crippen LogP contribution is 2.31. The lowest BCUT2D eigenvalue weighted by Gasteiger charge is -2.10. The molecular weight excluding hydrogens is 381 g/mol. The van der Waals surface area contributed by atoms with Crippen molar-refractivity contribution >= 4 is 17.3 Å². The summed E-state index contributed by atoms with van der Waals surface area (Å²) in [5, 5.41) is 14.9. The van der Waals surface area contributed by atoms with Crippen molar-refractivity contribution in [2.75, 3.05) is 12.3 Å². The minimum absolute atomic E-state index is 0.182. The van der Waals surface area contributed by atoms with E-state index < -0.39 is 22.4 Å². The van der Waals surface area contributed by atoms with Crippen LogP contribution in [0.1, 0.15) is 62.9 Å². The number of allylic oxidation sites excluding steroid dienone is 3. The molecule has 0 aliphatic heterocycles. The zero-order valence-corrected chi connectivity index (χ0v) is 17.2. The molecular formula is C19H26FN5O4. The van der Waals surface area contributed by atoms with Crippen molar-refractivity contribution in [3.63, 3.8) is 0 Å². The van der Waals surface area contributed by atoms with Crippen LogP contribution in [0.2, 0.25) is 0 Å². The number of aromatic nitrogens is 3. The monoisotopic (exact) mass is 407 g/mol. The molecule has 0 amide bonds. The van der Waals surface area contributed by atoms with E-state index in [0.29, 0.717) is 11.1 Å². The Labute approximate surface area is 168 Å². The number of halogens is 1. The predicted octanol–water partition coefficient (Wildman–Crippen LogP) is 4.04. The molecule has 0 spiro atoms. The Bertz CT molecular complexity index is 932. The summed E-state index contributed by atoms with van der Waals surface area (Å²) in [5.41, 5.74) is 6.68. The number of esters is 1. The van der Waals surface area contributed by atoms with Crippen LogP contribution in [0.5, 0.6) is 0 Å². The Morgan fingerprint density at radius 3 is 2.69 bits per heavy atom. The maximum Gasteiger partial charge on any atom is 0.340 e. The summed E-state index contributed by atoms with van der Waals surface area (Å²) in [4.78, 5) is 26.4. The first-order valence-corrected chi connectivity index (χ1v) is 9.23. The summed E-state index contributed by atoms with van der Waals surface area (Å²) in [7, 11) is 0. The number of hydrogen-bond acceptors (Lipinski definition) is 7. The average molecular weight is 407 g/mol. The van der Waals surface area contributed by atoms with Crippen molar-refractivity contribution in [2.45, 2.75) is 47.0 Å². The van der Waals surface area contributed by atoms with Crippen molar-refractivity contribution in [2.24, 2.45) is 0 Å². The van der Waals surface area contributed by atoms with E-state index in [2.05, 4.69) is 10.1 Å². The van der Waals surface area contributed by atoms with Gasteiger partial charge in [-0.05, 0) is 13.8 Å². The van der Waals surface area contributed by atoms with E-state index >= 15 is 0 Å². The van der Waals surface area contributed by atoms with Gasteiger partial charge in [0, 0.05) is 17.7 Å². The van der Waals surface area contributed by atoms with E-state index in [1.807, 2.05) is 13.8 Å². The number of nitrogens with zero attached hydrogens (tertiary/aromatic N) is 4. The minimum Gasteiger partial charge on any atom is -0.462 e. The van der Waals surface area contributed by atoms with Gasteiger partial charge in [0.2, 0.25) is 0 Å². The van der Waals surface area contributed by atoms with Crippen LogP contribution in [0, 0.1) is 10.1 Å². The van der Waals surface area contributed by atoms with Crippen LogP contribution in [0.4, 0.5) is 10.2 Å². The van der Waals surface area contributed by atoms with Gasteiger partial charge in [0.05, 0.1) is 23.5 Å². The standard InChI is InChI=1S/C17H20FN5O4.C2H6/c1-4-27-17(24)12-8-22-15(16(19)20-9-21-22)14(12)10(2)6-5-7-13(11(3)18)23(25)26;1-2/h5-6,8-10H,4,7H2,1-3H3,(H2,19,20,21);1-2H3/b6-5-,13-11-;. The van der Waals surface area contributed by atoms with Gasteiger partial charge in [-0.3, -0.25) is 10.1 Å². The topological polar surface area (TPSA) is 126 Å². The van der Waals surface area contributed by atoms with Crippen LogP contribution < -0.4 is 5.73 Å². The van der Waals surface area contributed by atoms with Crippen molar-refractivity contribution < 1.29 is 18.8 Å². The first-order chi connectivity index (χ1) is 13.8. The number of anilines is 1. The van der Waals surface area contributed by atoms with Crippen molar-refractivity contribution in [1.82, 2.24) is 14.6 Å². The zero-order valence-electron chi connectivity index (χ0n) is 17.2. The van der Waals surface area contributed by atoms with Gasteiger partial charge in [-0.1, -0.05) is 32.9 Å². The van der Waals surface area contributed by atoms with E-state index in [0.717, 1.165) is 6.92 Å². The second kappa shape index (κ2) is 10.9. The minimum atomic E-state index is -0.850. The van der Waals surface area contributed by atoms with Crippen LogP contribution in [0.25, 0.3) is 5.52 Å². The number of carbonyl (C=O) groups is 1. The van der Waals surface area contributed by atoms with E-state index in [-0.39, 0.29) is 30.3 Å². The lowest BCUT2D eigenvalue weighted by atomic mass is 9.97. The summed E-state index contributed by atoms with van der Waals surface area (Å²) >= 11 is 0. The first kappa shape index (κ1) is 23.7. The molecule has 0 aliphatic carbocycles. The molecule has 0 fully saturated rings. The van der Waals surface area contributed by atoms with E-state index in [4.69, 9.17) is 10.5 Å². The third kappa shape index (κ3) is 5.59. The van der Waals surface area contributed by atoms with Crippen LogP contribution >= 0.6 is 0 Å². The predicted molar refractivity (Wildman–Crippen MR) is 108 cm³/mol. The van der Waals surface area contributed by atoms with E-state index in [1.54, 1.807) is 19.9 Å². The van der Waals surface area contributed by atoms with Crippen LogP contribution in [0.3, 0.4) is 0 Å². The normalized spacial score (nSPS) is 12.9. The zero-order chi connectivity index (χ0) is 22.1. The number of nitro groups is 1. The van der Waals surface area contributed by atoms with Gasteiger partial charge in [-0.15, -0.1) is 0 Å². The molecule has 2 aromatic heterocycles. The lowest BCUT2D eigenvalue weighted by molar-refractivity contribution is -0.429. The Morgan fingerprint density at radius 2 is 2.14 bits per heavy atom. The molecule has 9 nitrogen and oxygen atoms in total. The lowest BCUT2D eigenvalue weighted by Crippen LogP contribution is -2.07. The number of rotatable bonds is 7. The van der Waals surface area contributed by atoms with Gasteiger partial charge in [-0.25, -0.2) is 18.7 Å². The highest BCUT2D eigenvalue weighted by Gasteiger charge is 2.24. The molecule has 0 saturated heterocycles.